The predicted octanol–water partition coefficient (Wildman–Crippen LogP) is 4.49. The predicted molar refractivity (Wildman–Crippen MR) is 80.7 cm³/mol. The van der Waals surface area contributed by atoms with E-state index in [0.717, 1.165) is 6.42 Å². The first-order chi connectivity index (χ1) is 9.33. The molecule has 1 heterocycles. The Morgan fingerprint density at radius 1 is 1.00 bits per heavy atom. The van der Waals surface area contributed by atoms with Crippen molar-refractivity contribution in [2.24, 2.45) is 4.99 Å². The van der Waals surface area contributed by atoms with Crippen LogP contribution in [-0.2, 0) is 0 Å². The topological polar surface area (TPSA) is 12.4 Å². The van der Waals surface area contributed by atoms with Crippen LogP contribution in [0.25, 0.3) is 0 Å². The molecule has 0 bridgehead atoms. The summed E-state index contributed by atoms with van der Waals surface area (Å²) in [6, 6.07) is 19.2. The third kappa shape index (κ3) is 2.65. The third-order valence-electron chi connectivity index (χ3n) is 3.54. The van der Waals surface area contributed by atoms with Crippen molar-refractivity contribution in [3.63, 3.8) is 0 Å². The van der Waals surface area contributed by atoms with Crippen LogP contribution in [0.15, 0.2) is 71.9 Å². The number of rotatable bonds is 2. The van der Waals surface area contributed by atoms with Gasteiger partial charge in [-0.15, -0.1) is 0 Å². The standard InChI is InChI=1S/C18H17N/c1-14-6-5-9-16(12-14)17-10-11-19-18(13-17)15-7-3-2-4-8-15/h2-12,17H,13H2,1H3. The molecule has 3 rings (SSSR count). The van der Waals surface area contributed by atoms with Gasteiger partial charge in [0.1, 0.15) is 0 Å². The van der Waals surface area contributed by atoms with Crippen LogP contribution in [0.5, 0.6) is 0 Å². The van der Waals surface area contributed by atoms with Gasteiger partial charge in [-0.3, -0.25) is 4.99 Å². The van der Waals surface area contributed by atoms with E-state index in [9.17, 15) is 0 Å². The van der Waals surface area contributed by atoms with Crippen LogP contribution < -0.4 is 0 Å². The molecule has 2 aromatic carbocycles. The first kappa shape index (κ1) is 11.9. The highest BCUT2D eigenvalue weighted by molar-refractivity contribution is 6.02. The van der Waals surface area contributed by atoms with Crippen molar-refractivity contribution >= 4 is 5.71 Å². The Hall–Kier alpha value is -2.15. The number of hydrogen-bond donors (Lipinski definition) is 0. The summed E-state index contributed by atoms with van der Waals surface area (Å²) in [5, 5.41) is 0. The second-order valence-corrected chi connectivity index (χ2v) is 5.01. The molecular weight excluding hydrogens is 230 g/mol. The van der Waals surface area contributed by atoms with Crippen LogP contribution >= 0.6 is 0 Å². The Kier molecular flexibility index (Phi) is 3.28. The van der Waals surface area contributed by atoms with Crippen LogP contribution in [0.2, 0.25) is 0 Å². The Balaban J connectivity index is 1.86. The molecule has 0 spiro atoms. The summed E-state index contributed by atoms with van der Waals surface area (Å²) in [5.41, 5.74) is 5.09. The zero-order chi connectivity index (χ0) is 13.1. The van der Waals surface area contributed by atoms with Gasteiger partial charge in [-0.1, -0.05) is 66.2 Å². The highest BCUT2D eigenvalue weighted by Crippen LogP contribution is 2.27. The Bertz CT molecular complexity index is 623. The fourth-order valence-electron chi connectivity index (χ4n) is 2.52. The summed E-state index contributed by atoms with van der Waals surface area (Å²) in [5.74, 6) is 0.438. The molecule has 1 atom stereocenters. The second-order valence-electron chi connectivity index (χ2n) is 5.01. The summed E-state index contributed by atoms with van der Waals surface area (Å²) in [6.07, 6.45) is 5.12. The van der Waals surface area contributed by atoms with Crippen LogP contribution in [0, 0.1) is 6.92 Å². The van der Waals surface area contributed by atoms with Gasteiger partial charge < -0.3 is 0 Å². The van der Waals surface area contributed by atoms with Gasteiger partial charge in [0, 0.05) is 24.3 Å². The Morgan fingerprint density at radius 2 is 1.84 bits per heavy atom. The van der Waals surface area contributed by atoms with Crippen LogP contribution in [0.1, 0.15) is 29.0 Å². The van der Waals surface area contributed by atoms with Crippen LogP contribution in [0.4, 0.5) is 0 Å². The maximum absolute atomic E-state index is 4.53. The quantitative estimate of drug-likeness (QED) is 0.741. The minimum Gasteiger partial charge on any atom is -0.261 e. The maximum Gasteiger partial charge on any atom is 0.0484 e. The molecule has 19 heavy (non-hydrogen) atoms. The lowest BCUT2D eigenvalue weighted by molar-refractivity contribution is 0.873. The zero-order valence-electron chi connectivity index (χ0n) is 11.1. The van der Waals surface area contributed by atoms with Crippen LogP contribution in [-0.4, -0.2) is 5.71 Å². The van der Waals surface area contributed by atoms with Gasteiger partial charge in [-0.25, -0.2) is 0 Å². The Morgan fingerprint density at radius 3 is 2.63 bits per heavy atom. The summed E-state index contributed by atoms with van der Waals surface area (Å²) in [6.45, 7) is 2.14. The van der Waals surface area contributed by atoms with Crippen molar-refractivity contribution in [1.82, 2.24) is 0 Å². The fourth-order valence-corrected chi connectivity index (χ4v) is 2.52. The van der Waals surface area contributed by atoms with Gasteiger partial charge in [0.05, 0.1) is 0 Å². The molecular formula is C18H17N. The SMILES string of the molecule is Cc1cccc(C2C=CN=C(c3ccccc3)C2)c1. The van der Waals surface area contributed by atoms with Gasteiger partial charge in [0.15, 0.2) is 0 Å². The molecule has 1 unspecified atom stereocenters. The molecule has 0 saturated heterocycles. The normalized spacial score (nSPS) is 18.2. The van der Waals surface area contributed by atoms with E-state index in [4.69, 9.17) is 0 Å². The fraction of sp³-hybridized carbons (Fsp3) is 0.167. The highest BCUT2D eigenvalue weighted by Gasteiger charge is 2.15. The minimum absolute atomic E-state index is 0.438. The zero-order valence-corrected chi connectivity index (χ0v) is 11.1. The van der Waals surface area contributed by atoms with Gasteiger partial charge in [0.25, 0.3) is 0 Å². The molecule has 0 N–H and O–H groups in total. The van der Waals surface area contributed by atoms with E-state index >= 15 is 0 Å². The molecule has 0 aromatic heterocycles. The van der Waals surface area contributed by atoms with Crippen molar-refractivity contribution in [3.8, 4) is 0 Å². The van der Waals surface area contributed by atoms with E-state index in [1.165, 1.54) is 22.4 Å². The first-order valence-corrected chi connectivity index (χ1v) is 6.68. The van der Waals surface area contributed by atoms with E-state index < -0.39 is 0 Å². The number of aliphatic imine (C=N–C) groups is 1. The molecule has 94 valence electrons. The molecule has 1 heteroatoms. The monoisotopic (exact) mass is 247 g/mol. The number of benzene rings is 2. The van der Waals surface area contributed by atoms with E-state index in [2.05, 4.69) is 66.5 Å². The summed E-state index contributed by atoms with van der Waals surface area (Å²) < 4.78 is 0. The lowest BCUT2D eigenvalue weighted by Crippen LogP contribution is -2.10. The van der Waals surface area contributed by atoms with E-state index in [1.807, 2.05) is 12.3 Å². The molecule has 1 nitrogen and oxygen atoms in total. The molecule has 0 radical (unpaired) electrons. The molecule has 0 aliphatic carbocycles. The number of nitrogens with zero attached hydrogens (tertiary/aromatic N) is 1. The minimum atomic E-state index is 0.438. The second kappa shape index (κ2) is 5.23. The number of allylic oxidation sites excluding steroid dienone is 1. The van der Waals surface area contributed by atoms with Crippen molar-refractivity contribution in [2.45, 2.75) is 19.3 Å². The van der Waals surface area contributed by atoms with Crippen molar-refractivity contribution in [1.29, 1.82) is 0 Å². The molecule has 0 fully saturated rings. The average Bonchev–Trinajstić information content (AvgIpc) is 2.48. The largest absolute Gasteiger partial charge is 0.261 e. The first-order valence-electron chi connectivity index (χ1n) is 6.68. The van der Waals surface area contributed by atoms with Crippen molar-refractivity contribution in [2.75, 3.05) is 0 Å². The number of hydrogen-bond acceptors (Lipinski definition) is 1. The summed E-state index contributed by atoms with van der Waals surface area (Å²) in [7, 11) is 0. The molecule has 0 saturated carbocycles. The lowest BCUT2D eigenvalue weighted by atomic mass is 9.89. The van der Waals surface area contributed by atoms with Crippen molar-refractivity contribution in [3.05, 3.63) is 83.6 Å². The average molecular weight is 247 g/mol. The smallest absolute Gasteiger partial charge is 0.0484 e. The molecule has 1 aliphatic heterocycles. The van der Waals surface area contributed by atoms with E-state index in [-0.39, 0.29) is 0 Å². The third-order valence-corrected chi connectivity index (χ3v) is 3.54. The Labute approximate surface area is 114 Å². The summed E-state index contributed by atoms with van der Waals surface area (Å²) >= 11 is 0. The van der Waals surface area contributed by atoms with Crippen LogP contribution in [0.3, 0.4) is 0 Å². The van der Waals surface area contributed by atoms with Gasteiger partial charge in [-0.05, 0) is 18.1 Å². The highest BCUT2D eigenvalue weighted by atomic mass is 14.7. The maximum atomic E-state index is 4.53. The molecule has 2 aromatic rings. The van der Waals surface area contributed by atoms with E-state index in [0.29, 0.717) is 5.92 Å². The molecule has 0 amide bonds. The van der Waals surface area contributed by atoms with Gasteiger partial charge >= 0.3 is 0 Å². The van der Waals surface area contributed by atoms with Gasteiger partial charge in [0.2, 0.25) is 0 Å². The van der Waals surface area contributed by atoms with Gasteiger partial charge in [-0.2, -0.15) is 0 Å². The summed E-state index contributed by atoms with van der Waals surface area (Å²) in [4.78, 5) is 4.53. The number of aryl methyl sites for hydroxylation is 1. The lowest BCUT2D eigenvalue weighted by Gasteiger charge is -2.18. The van der Waals surface area contributed by atoms with E-state index in [1.54, 1.807) is 0 Å². The van der Waals surface area contributed by atoms with Crippen molar-refractivity contribution < 1.29 is 0 Å². The molecule has 1 aliphatic rings.